The SMILES string of the molecule is C#S(F)(F)c1occc1C. The summed E-state index contributed by atoms with van der Waals surface area (Å²) in [4.78, 5) is 0. The molecule has 0 radical (unpaired) electrons. The van der Waals surface area contributed by atoms with E-state index in [9.17, 15) is 7.77 Å². The molecular formula is C6H6F2OS. The molecule has 0 N–H and O–H groups in total. The fourth-order valence-corrected chi connectivity index (χ4v) is 1.32. The molecule has 0 aliphatic heterocycles. The van der Waals surface area contributed by atoms with Crippen LogP contribution in [-0.4, -0.2) is 0 Å². The predicted octanol–water partition coefficient (Wildman–Crippen LogP) is 3.11. The molecule has 10 heavy (non-hydrogen) atoms. The minimum atomic E-state index is -4.16. The normalized spacial score (nSPS) is 11.8. The Balaban J connectivity index is 3.23. The molecule has 1 aromatic rings. The molecule has 0 atom stereocenters. The second kappa shape index (κ2) is 2.15. The third kappa shape index (κ3) is 1.23. The first-order chi connectivity index (χ1) is 4.52. The van der Waals surface area contributed by atoms with Crippen LogP contribution in [0.15, 0.2) is 21.8 Å². The highest BCUT2D eigenvalue weighted by Crippen LogP contribution is 2.46. The fourth-order valence-electron chi connectivity index (χ4n) is 0.638. The lowest BCUT2D eigenvalue weighted by molar-refractivity contribution is 0.455. The molecule has 1 nitrogen and oxygen atoms in total. The number of rotatable bonds is 0. The largest absolute Gasteiger partial charge is 0.454 e. The molecule has 1 rings (SSSR count). The number of aryl methyl sites for hydroxylation is 1. The predicted molar refractivity (Wildman–Crippen MR) is 36.5 cm³/mol. The van der Waals surface area contributed by atoms with Crippen LogP contribution >= 0.6 is 10.2 Å². The zero-order chi connectivity index (χ0) is 7.78. The second-order valence-corrected chi connectivity index (χ2v) is 3.29. The van der Waals surface area contributed by atoms with Crippen LogP contribution in [0.1, 0.15) is 5.56 Å². The maximum absolute atomic E-state index is 12.3. The van der Waals surface area contributed by atoms with Crippen molar-refractivity contribution in [3.05, 3.63) is 17.9 Å². The average molecular weight is 164 g/mol. The van der Waals surface area contributed by atoms with Crippen molar-refractivity contribution in [2.24, 2.45) is 0 Å². The quantitative estimate of drug-likeness (QED) is 0.574. The number of hydrogen-bond acceptors (Lipinski definition) is 1. The van der Waals surface area contributed by atoms with E-state index in [2.05, 4.69) is 10.1 Å². The molecule has 0 aliphatic rings. The van der Waals surface area contributed by atoms with Gasteiger partial charge in [-0.05, 0) is 13.0 Å². The van der Waals surface area contributed by atoms with E-state index in [1.165, 1.54) is 19.3 Å². The van der Waals surface area contributed by atoms with Crippen LogP contribution in [0.5, 0.6) is 0 Å². The van der Waals surface area contributed by atoms with Crippen molar-refractivity contribution in [2.75, 3.05) is 0 Å². The molecule has 0 aromatic carbocycles. The van der Waals surface area contributed by atoms with E-state index < -0.39 is 10.2 Å². The molecule has 56 valence electrons. The summed E-state index contributed by atoms with van der Waals surface area (Å²) in [5.74, 6) is 0. The zero-order valence-electron chi connectivity index (χ0n) is 5.30. The Morgan fingerprint density at radius 1 is 1.60 bits per heavy atom. The van der Waals surface area contributed by atoms with Gasteiger partial charge in [0.25, 0.3) is 0 Å². The summed E-state index contributed by atoms with van der Waals surface area (Å²) >= 11 is 0. The first kappa shape index (κ1) is 7.38. The smallest absolute Gasteiger partial charge is 0.211 e. The van der Waals surface area contributed by atoms with Crippen molar-refractivity contribution in [2.45, 2.75) is 12.0 Å². The molecule has 0 fully saturated rings. The highest BCUT2D eigenvalue weighted by Gasteiger charge is 2.15. The summed E-state index contributed by atoms with van der Waals surface area (Å²) in [5, 5.41) is -0.382. The van der Waals surface area contributed by atoms with Gasteiger partial charge in [0.2, 0.25) is 5.09 Å². The van der Waals surface area contributed by atoms with Gasteiger partial charge in [0.15, 0.2) is 10.2 Å². The lowest BCUT2D eigenvalue weighted by atomic mass is 10.4. The van der Waals surface area contributed by atoms with Crippen molar-refractivity contribution < 1.29 is 12.2 Å². The Kier molecular flexibility index (Phi) is 1.58. The van der Waals surface area contributed by atoms with Crippen molar-refractivity contribution in [3.8, 4) is 5.69 Å². The topological polar surface area (TPSA) is 13.1 Å². The average Bonchev–Trinajstić information content (AvgIpc) is 2.11. The van der Waals surface area contributed by atoms with Crippen LogP contribution in [0.2, 0.25) is 0 Å². The molecular weight excluding hydrogens is 158 g/mol. The van der Waals surface area contributed by atoms with Gasteiger partial charge >= 0.3 is 0 Å². The summed E-state index contributed by atoms with van der Waals surface area (Å²) in [5.41, 5.74) is 4.96. The van der Waals surface area contributed by atoms with Gasteiger partial charge in [-0.25, -0.2) is 0 Å². The van der Waals surface area contributed by atoms with Crippen LogP contribution in [0.25, 0.3) is 0 Å². The summed E-state index contributed by atoms with van der Waals surface area (Å²) in [6, 6.07) is 1.46. The minimum Gasteiger partial charge on any atom is -0.454 e. The minimum absolute atomic E-state index is 0.382. The van der Waals surface area contributed by atoms with Crippen LogP contribution in [-0.2, 0) is 0 Å². The van der Waals surface area contributed by atoms with E-state index in [0.29, 0.717) is 5.56 Å². The Morgan fingerprint density at radius 2 is 2.20 bits per heavy atom. The van der Waals surface area contributed by atoms with Gasteiger partial charge < -0.3 is 4.42 Å². The summed E-state index contributed by atoms with van der Waals surface area (Å²) in [6.07, 6.45) is 1.21. The Labute approximate surface area is 58.8 Å². The molecule has 0 spiro atoms. The molecule has 4 heteroatoms. The van der Waals surface area contributed by atoms with Gasteiger partial charge in [0.1, 0.15) is 0 Å². The number of halogens is 2. The monoisotopic (exact) mass is 164 g/mol. The van der Waals surface area contributed by atoms with Gasteiger partial charge in [-0.1, -0.05) is 5.69 Å². The van der Waals surface area contributed by atoms with Crippen LogP contribution < -0.4 is 0 Å². The lowest BCUT2D eigenvalue weighted by Gasteiger charge is -1.98. The van der Waals surface area contributed by atoms with Crippen molar-refractivity contribution in [1.29, 1.82) is 0 Å². The highest BCUT2D eigenvalue weighted by atomic mass is 32.3. The molecule has 0 amide bonds. The molecule has 0 unspecified atom stereocenters. The first-order valence-electron chi connectivity index (χ1n) is 2.56. The third-order valence-corrected chi connectivity index (χ3v) is 1.97. The second-order valence-electron chi connectivity index (χ2n) is 1.90. The van der Waals surface area contributed by atoms with Gasteiger partial charge in [-0.15, -0.1) is 7.77 Å². The van der Waals surface area contributed by atoms with Gasteiger partial charge in [-0.2, -0.15) is 0 Å². The fraction of sp³-hybridized carbons (Fsp3) is 0.167. The molecule has 0 saturated carbocycles. The Morgan fingerprint density at radius 3 is 2.40 bits per heavy atom. The number of furan rings is 1. The van der Waals surface area contributed by atoms with Crippen LogP contribution in [0.3, 0.4) is 0 Å². The van der Waals surface area contributed by atoms with Crippen molar-refractivity contribution in [1.82, 2.24) is 0 Å². The first-order valence-corrected chi connectivity index (χ1v) is 4.06. The zero-order valence-corrected chi connectivity index (χ0v) is 6.12. The van der Waals surface area contributed by atoms with Crippen LogP contribution in [0.4, 0.5) is 7.77 Å². The maximum atomic E-state index is 12.3. The van der Waals surface area contributed by atoms with Gasteiger partial charge in [0.05, 0.1) is 6.26 Å². The molecule has 1 heterocycles. The highest BCUT2D eigenvalue weighted by molar-refractivity contribution is 8.15. The molecule has 0 bridgehead atoms. The Hall–Kier alpha value is -0.730. The van der Waals surface area contributed by atoms with E-state index in [4.69, 9.17) is 0 Å². The van der Waals surface area contributed by atoms with Gasteiger partial charge in [-0.3, -0.25) is 0 Å². The summed E-state index contributed by atoms with van der Waals surface area (Å²) in [6.45, 7) is 1.53. The van der Waals surface area contributed by atoms with E-state index in [1.54, 1.807) is 0 Å². The van der Waals surface area contributed by atoms with Crippen molar-refractivity contribution in [3.63, 3.8) is 0 Å². The molecule has 1 aromatic heterocycles. The standard InChI is InChI=1S/C6H6F2OS/c1-5-3-4-9-6(5)10(2,7)8/h2-4H,1H3. The Bertz CT molecular complexity index is 322. The van der Waals surface area contributed by atoms with Crippen molar-refractivity contribution >= 4 is 10.2 Å². The summed E-state index contributed by atoms with van der Waals surface area (Å²) < 4.78 is 29.1. The lowest BCUT2D eigenvalue weighted by Crippen LogP contribution is -1.71. The number of hydrogen-bond donors (Lipinski definition) is 0. The van der Waals surface area contributed by atoms with Gasteiger partial charge in [0, 0.05) is 5.56 Å². The summed E-state index contributed by atoms with van der Waals surface area (Å²) in [7, 11) is -4.16. The van der Waals surface area contributed by atoms with E-state index in [0.717, 1.165) is 0 Å². The molecule has 0 saturated heterocycles. The molecule has 0 aliphatic carbocycles. The maximum Gasteiger partial charge on any atom is 0.211 e. The van der Waals surface area contributed by atoms with Crippen LogP contribution in [0, 0.1) is 12.6 Å². The third-order valence-electron chi connectivity index (χ3n) is 1.06. The van der Waals surface area contributed by atoms with E-state index in [1.807, 2.05) is 0 Å². The van der Waals surface area contributed by atoms with E-state index >= 15 is 0 Å². The van der Waals surface area contributed by atoms with E-state index in [-0.39, 0.29) is 5.09 Å².